The van der Waals surface area contributed by atoms with Crippen LogP contribution in [0.15, 0.2) is 54.9 Å². The molecular weight excluding hydrogens is 332 g/mol. The molecule has 2 aromatic rings. The van der Waals surface area contributed by atoms with Crippen LogP contribution in [0.25, 0.3) is 5.57 Å². The smallest absolute Gasteiger partial charge is 0.118 e. The van der Waals surface area contributed by atoms with Gasteiger partial charge in [0.15, 0.2) is 0 Å². The molecule has 0 atom stereocenters. The third-order valence-corrected chi connectivity index (χ3v) is 4.72. The highest BCUT2D eigenvalue weighted by Crippen LogP contribution is 2.23. The lowest BCUT2D eigenvalue weighted by Crippen LogP contribution is -2.16. The van der Waals surface area contributed by atoms with E-state index in [1.807, 2.05) is 30.6 Å². The molecule has 3 heteroatoms. The molecule has 1 aromatic heterocycles. The molecule has 0 radical (unpaired) electrons. The molecule has 0 fully saturated rings. The van der Waals surface area contributed by atoms with E-state index in [0.717, 1.165) is 38.1 Å². The lowest BCUT2D eigenvalue weighted by Gasteiger charge is -2.09. The van der Waals surface area contributed by atoms with Gasteiger partial charge >= 0.3 is 0 Å². The summed E-state index contributed by atoms with van der Waals surface area (Å²) >= 11 is 0. The quantitative estimate of drug-likeness (QED) is 0.464. The van der Waals surface area contributed by atoms with Gasteiger partial charge < -0.3 is 10.1 Å². The average Bonchev–Trinajstić information content (AvgIpc) is 2.72. The Balaban J connectivity index is 1.61. The Bertz CT molecular complexity index is 650. The van der Waals surface area contributed by atoms with Crippen molar-refractivity contribution in [3.63, 3.8) is 0 Å². The number of rotatable bonds is 13. The summed E-state index contributed by atoms with van der Waals surface area (Å²) in [6, 6.07) is 12.6. The molecule has 0 spiro atoms. The van der Waals surface area contributed by atoms with E-state index in [1.165, 1.54) is 42.4 Å². The summed E-state index contributed by atoms with van der Waals surface area (Å²) in [5, 5.41) is 3.57. The van der Waals surface area contributed by atoms with Crippen molar-refractivity contribution in [2.75, 3.05) is 20.2 Å². The Morgan fingerprint density at radius 2 is 1.89 bits per heavy atom. The fourth-order valence-electron chi connectivity index (χ4n) is 3.19. The SMILES string of the molecule is CCC/C(=C/CCCNCCCCc1cccnc1)c1ccc(OC)cc1. The zero-order valence-electron chi connectivity index (χ0n) is 16.9. The van der Waals surface area contributed by atoms with Gasteiger partial charge in [-0.05, 0) is 86.5 Å². The number of allylic oxidation sites excluding steroid dienone is 2. The number of aryl methyl sites for hydroxylation is 1. The summed E-state index contributed by atoms with van der Waals surface area (Å²) in [4.78, 5) is 4.16. The minimum Gasteiger partial charge on any atom is -0.497 e. The molecule has 1 N–H and O–H groups in total. The van der Waals surface area contributed by atoms with E-state index >= 15 is 0 Å². The van der Waals surface area contributed by atoms with Crippen molar-refractivity contribution in [1.29, 1.82) is 0 Å². The maximum Gasteiger partial charge on any atom is 0.118 e. The summed E-state index contributed by atoms with van der Waals surface area (Å²) in [6.45, 7) is 4.43. The van der Waals surface area contributed by atoms with Crippen LogP contribution in [-0.2, 0) is 6.42 Å². The second kappa shape index (κ2) is 13.1. The van der Waals surface area contributed by atoms with Crippen LogP contribution in [0.4, 0.5) is 0 Å². The fourth-order valence-corrected chi connectivity index (χ4v) is 3.19. The largest absolute Gasteiger partial charge is 0.497 e. The number of hydrogen-bond donors (Lipinski definition) is 1. The van der Waals surface area contributed by atoms with Gasteiger partial charge in [-0.15, -0.1) is 0 Å². The van der Waals surface area contributed by atoms with Crippen molar-refractivity contribution in [1.82, 2.24) is 10.3 Å². The van der Waals surface area contributed by atoms with Gasteiger partial charge in [-0.3, -0.25) is 4.98 Å². The summed E-state index contributed by atoms with van der Waals surface area (Å²) in [5.41, 5.74) is 4.11. The minimum absolute atomic E-state index is 0.919. The van der Waals surface area contributed by atoms with E-state index in [0.29, 0.717) is 0 Å². The van der Waals surface area contributed by atoms with Crippen LogP contribution in [0.3, 0.4) is 0 Å². The van der Waals surface area contributed by atoms with Gasteiger partial charge in [-0.2, -0.15) is 0 Å². The van der Waals surface area contributed by atoms with Gasteiger partial charge in [-0.25, -0.2) is 0 Å². The predicted molar refractivity (Wildman–Crippen MR) is 115 cm³/mol. The molecule has 0 saturated heterocycles. The summed E-state index contributed by atoms with van der Waals surface area (Å²) in [5.74, 6) is 0.919. The van der Waals surface area contributed by atoms with Crippen molar-refractivity contribution in [2.45, 2.75) is 51.9 Å². The van der Waals surface area contributed by atoms with Crippen LogP contribution in [0.5, 0.6) is 5.75 Å². The van der Waals surface area contributed by atoms with Crippen molar-refractivity contribution >= 4 is 5.57 Å². The Kier molecular flexibility index (Phi) is 10.3. The molecule has 1 aromatic carbocycles. The molecule has 146 valence electrons. The van der Waals surface area contributed by atoms with Crippen molar-refractivity contribution < 1.29 is 4.74 Å². The van der Waals surface area contributed by atoms with Gasteiger partial charge in [0.1, 0.15) is 5.75 Å². The van der Waals surface area contributed by atoms with Crippen LogP contribution < -0.4 is 10.1 Å². The first-order chi connectivity index (χ1) is 13.3. The molecule has 27 heavy (non-hydrogen) atoms. The number of ether oxygens (including phenoxy) is 1. The number of pyridine rings is 1. The van der Waals surface area contributed by atoms with Gasteiger partial charge in [-0.1, -0.05) is 37.6 Å². The second-order valence-corrected chi connectivity index (χ2v) is 6.92. The molecule has 0 bridgehead atoms. The minimum atomic E-state index is 0.919. The first-order valence-electron chi connectivity index (χ1n) is 10.3. The van der Waals surface area contributed by atoms with Gasteiger partial charge in [0.25, 0.3) is 0 Å². The molecule has 0 amide bonds. The van der Waals surface area contributed by atoms with E-state index in [9.17, 15) is 0 Å². The van der Waals surface area contributed by atoms with Crippen LogP contribution in [0, 0.1) is 0 Å². The number of hydrogen-bond acceptors (Lipinski definition) is 3. The highest BCUT2D eigenvalue weighted by Gasteiger charge is 2.01. The topological polar surface area (TPSA) is 34.2 Å². The van der Waals surface area contributed by atoms with Crippen LogP contribution in [0.2, 0.25) is 0 Å². The number of aromatic nitrogens is 1. The molecule has 0 aliphatic heterocycles. The third-order valence-electron chi connectivity index (χ3n) is 4.72. The average molecular weight is 367 g/mol. The molecule has 3 nitrogen and oxygen atoms in total. The van der Waals surface area contributed by atoms with Crippen molar-refractivity contribution in [3.8, 4) is 5.75 Å². The monoisotopic (exact) mass is 366 g/mol. The maximum atomic E-state index is 5.26. The Morgan fingerprint density at radius 3 is 2.59 bits per heavy atom. The summed E-state index contributed by atoms with van der Waals surface area (Å²) < 4.78 is 5.26. The lowest BCUT2D eigenvalue weighted by molar-refractivity contribution is 0.415. The molecular formula is C24H34N2O. The highest BCUT2D eigenvalue weighted by atomic mass is 16.5. The normalized spacial score (nSPS) is 11.6. The van der Waals surface area contributed by atoms with Crippen LogP contribution in [0.1, 0.15) is 56.6 Å². The lowest BCUT2D eigenvalue weighted by atomic mass is 9.99. The van der Waals surface area contributed by atoms with Crippen molar-refractivity contribution in [3.05, 3.63) is 66.0 Å². The Labute approximate surface area is 164 Å². The highest BCUT2D eigenvalue weighted by molar-refractivity contribution is 5.66. The molecule has 0 saturated carbocycles. The summed E-state index contributed by atoms with van der Waals surface area (Å²) in [7, 11) is 1.71. The maximum absolute atomic E-state index is 5.26. The van der Waals surface area contributed by atoms with E-state index in [-0.39, 0.29) is 0 Å². The molecule has 1 heterocycles. The molecule has 0 aliphatic rings. The molecule has 0 aliphatic carbocycles. The number of methoxy groups -OCH3 is 1. The number of nitrogens with one attached hydrogen (secondary N) is 1. The number of nitrogens with zero attached hydrogens (tertiary/aromatic N) is 1. The van der Waals surface area contributed by atoms with Gasteiger partial charge in [0.2, 0.25) is 0 Å². The van der Waals surface area contributed by atoms with Gasteiger partial charge in [0, 0.05) is 12.4 Å². The van der Waals surface area contributed by atoms with E-state index in [2.05, 4.69) is 41.5 Å². The first kappa shape index (κ1) is 21.2. The number of benzene rings is 1. The van der Waals surface area contributed by atoms with Gasteiger partial charge in [0.05, 0.1) is 7.11 Å². The zero-order valence-corrected chi connectivity index (χ0v) is 16.9. The van der Waals surface area contributed by atoms with E-state index in [4.69, 9.17) is 4.74 Å². The standard InChI is InChI=1S/C24H34N2O/c1-3-9-22(23-13-15-24(27-2)16-14-23)12-5-7-18-25-17-6-4-10-21-11-8-19-26-20-21/h8,11-16,19-20,25H,3-7,9-10,17-18H2,1-2H3/b22-12-. The third kappa shape index (κ3) is 8.40. The molecule has 0 unspecified atom stereocenters. The van der Waals surface area contributed by atoms with Crippen LogP contribution in [-0.4, -0.2) is 25.2 Å². The second-order valence-electron chi connectivity index (χ2n) is 6.92. The zero-order chi connectivity index (χ0) is 19.2. The number of unbranched alkanes of at least 4 members (excludes halogenated alkanes) is 2. The summed E-state index contributed by atoms with van der Waals surface area (Å²) in [6.07, 6.45) is 14.4. The van der Waals surface area contributed by atoms with E-state index in [1.54, 1.807) is 7.11 Å². The van der Waals surface area contributed by atoms with Crippen molar-refractivity contribution in [2.24, 2.45) is 0 Å². The predicted octanol–water partition coefficient (Wildman–Crippen LogP) is 5.67. The Morgan fingerprint density at radius 1 is 1.07 bits per heavy atom. The molecule has 2 rings (SSSR count). The van der Waals surface area contributed by atoms with E-state index < -0.39 is 0 Å². The fraction of sp³-hybridized carbons (Fsp3) is 0.458. The Hall–Kier alpha value is -2.13. The van der Waals surface area contributed by atoms with Crippen LogP contribution >= 0.6 is 0 Å². The first-order valence-corrected chi connectivity index (χ1v) is 10.3.